The highest BCUT2D eigenvalue weighted by Crippen LogP contribution is 2.17. The van der Waals surface area contributed by atoms with Crippen LogP contribution in [-0.2, 0) is 0 Å². The Morgan fingerprint density at radius 2 is 2.18 bits per heavy atom. The first kappa shape index (κ1) is 13.7. The molecule has 0 spiro atoms. The maximum Gasteiger partial charge on any atom is 0.166 e. The highest BCUT2D eigenvalue weighted by molar-refractivity contribution is 6.00. The number of carbonyl (C=O) groups is 1. The number of Topliss-reactive ketones (excluding diaryl/α,β-unsaturated/α-hetero) is 1. The summed E-state index contributed by atoms with van der Waals surface area (Å²) in [6, 6.07) is 4.06. The molecule has 1 aromatic rings. The van der Waals surface area contributed by atoms with Gasteiger partial charge in [0.1, 0.15) is 5.82 Å². The summed E-state index contributed by atoms with van der Waals surface area (Å²) >= 11 is 0. The lowest BCUT2D eigenvalue weighted by Crippen LogP contribution is -2.20. The van der Waals surface area contributed by atoms with E-state index in [1.807, 2.05) is 19.1 Å². The van der Waals surface area contributed by atoms with Crippen molar-refractivity contribution in [1.29, 1.82) is 0 Å². The Morgan fingerprint density at radius 1 is 1.41 bits per heavy atom. The van der Waals surface area contributed by atoms with Crippen molar-refractivity contribution < 1.29 is 4.79 Å². The molecule has 0 bridgehead atoms. The van der Waals surface area contributed by atoms with Gasteiger partial charge in [0.05, 0.1) is 5.56 Å². The molecule has 1 aromatic heterocycles. The fourth-order valence-corrected chi connectivity index (χ4v) is 1.86. The van der Waals surface area contributed by atoms with Crippen LogP contribution in [0, 0.1) is 0 Å². The molecule has 1 unspecified atom stereocenters. The largest absolute Gasteiger partial charge is 0.367 e. The van der Waals surface area contributed by atoms with Gasteiger partial charge < -0.3 is 5.32 Å². The molecule has 1 rings (SSSR count). The summed E-state index contributed by atoms with van der Waals surface area (Å²) in [5, 5.41) is 3.38. The smallest absolute Gasteiger partial charge is 0.166 e. The minimum absolute atomic E-state index is 0.145. The highest BCUT2D eigenvalue weighted by Gasteiger charge is 2.13. The van der Waals surface area contributed by atoms with Gasteiger partial charge in [0, 0.05) is 18.7 Å². The maximum atomic E-state index is 11.8. The molecule has 0 aliphatic rings. The first-order valence-corrected chi connectivity index (χ1v) is 6.47. The Balaban J connectivity index is 2.85. The number of hydrogen-bond acceptors (Lipinski definition) is 3. The molecular weight excluding hydrogens is 212 g/mol. The molecule has 0 radical (unpaired) electrons. The van der Waals surface area contributed by atoms with Crippen LogP contribution < -0.4 is 5.32 Å². The number of pyridine rings is 1. The van der Waals surface area contributed by atoms with Gasteiger partial charge in [0.2, 0.25) is 0 Å². The molecule has 0 aromatic carbocycles. The monoisotopic (exact) mass is 234 g/mol. The topological polar surface area (TPSA) is 42.0 Å². The second-order valence-electron chi connectivity index (χ2n) is 4.21. The number of anilines is 1. The summed E-state index contributed by atoms with van der Waals surface area (Å²) in [4.78, 5) is 16.1. The third-order valence-corrected chi connectivity index (χ3v) is 2.90. The number of carbonyl (C=O) groups excluding carboxylic acids is 1. The molecule has 0 aliphatic heterocycles. The second kappa shape index (κ2) is 7.05. The van der Waals surface area contributed by atoms with Gasteiger partial charge in [-0.05, 0) is 25.0 Å². The summed E-state index contributed by atoms with van der Waals surface area (Å²) < 4.78 is 0. The van der Waals surface area contributed by atoms with E-state index in [1.54, 1.807) is 6.20 Å². The zero-order chi connectivity index (χ0) is 12.7. The van der Waals surface area contributed by atoms with Crippen LogP contribution in [-0.4, -0.2) is 16.8 Å². The van der Waals surface area contributed by atoms with Crippen molar-refractivity contribution in [3.8, 4) is 0 Å². The van der Waals surface area contributed by atoms with E-state index in [9.17, 15) is 4.79 Å². The van der Waals surface area contributed by atoms with Crippen molar-refractivity contribution in [2.45, 2.75) is 52.5 Å². The average Bonchev–Trinajstić information content (AvgIpc) is 2.38. The summed E-state index contributed by atoms with van der Waals surface area (Å²) in [5.74, 6) is 0.881. The van der Waals surface area contributed by atoms with Crippen LogP contribution in [0.3, 0.4) is 0 Å². The van der Waals surface area contributed by atoms with Gasteiger partial charge >= 0.3 is 0 Å². The Hall–Kier alpha value is -1.38. The van der Waals surface area contributed by atoms with Gasteiger partial charge in [-0.1, -0.05) is 27.2 Å². The van der Waals surface area contributed by atoms with Crippen LogP contribution in [0.2, 0.25) is 0 Å². The third-order valence-electron chi connectivity index (χ3n) is 2.90. The second-order valence-corrected chi connectivity index (χ2v) is 4.21. The summed E-state index contributed by atoms with van der Waals surface area (Å²) in [6.45, 7) is 6.20. The standard InChI is InChI=1S/C14H22N2O/c1-4-8-11(5-2)16-14-12(13(17)6-3)9-7-10-15-14/h7,9-11H,4-6,8H2,1-3H3,(H,15,16). The third kappa shape index (κ3) is 3.84. The fraction of sp³-hybridized carbons (Fsp3) is 0.571. The van der Waals surface area contributed by atoms with E-state index >= 15 is 0 Å². The molecule has 3 heteroatoms. The molecule has 0 saturated carbocycles. The van der Waals surface area contributed by atoms with Crippen molar-refractivity contribution in [3.05, 3.63) is 23.9 Å². The zero-order valence-electron chi connectivity index (χ0n) is 11.0. The molecule has 0 amide bonds. The van der Waals surface area contributed by atoms with Gasteiger partial charge in [-0.15, -0.1) is 0 Å². The lowest BCUT2D eigenvalue weighted by atomic mass is 10.1. The first-order valence-electron chi connectivity index (χ1n) is 6.47. The number of rotatable bonds is 7. The Labute approximate surface area is 104 Å². The van der Waals surface area contributed by atoms with Crippen LogP contribution in [0.25, 0.3) is 0 Å². The van der Waals surface area contributed by atoms with Gasteiger partial charge in [-0.2, -0.15) is 0 Å². The number of nitrogens with zero attached hydrogens (tertiary/aromatic N) is 1. The van der Waals surface area contributed by atoms with Gasteiger partial charge in [-0.3, -0.25) is 4.79 Å². The molecule has 3 nitrogen and oxygen atoms in total. The van der Waals surface area contributed by atoms with Crippen LogP contribution in [0.4, 0.5) is 5.82 Å². The molecule has 0 saturated heterocycles. The van der Waals surface area contributed by atoms with E-state index in [4.69, 9.17) is 0 Å². The minimum atomic E-state index is 0.145. The van der Waals surface area contributed by atoms with E-state index in [1.165, 1.54) is 0 Å². The average molecular weight is 234 g/mol. The number of aromatic nitrogens is 1. The van der Waals surface area contributed by atoms with E-state index in [2.05, 4.69) is 24.1 Å². The van der Waals surface area contributed by atoms with Crippen molar-refractivity contribution >= 4 is 11.6 Å². The lowest BCUT2D eigenvalue weighted by molar-refractivity contribution is 0.0988. The summed E-state index contributed by atoms with van der Waals surface area (Å²) in [7, 11) is 0. The predicted molar refractivity (Wildman–Crippen MR) is 71.5 cm³/mol. The van der Waals surface area contributed by atoms with E-state index in [0.29, 0.717) is 18.0 Å². The van der Waals surface area contributed by atoms with Crippen LogP contribution in [0.15, 0.2) is 18.3 Å². The minimum Gasteiger partial charge on any atom is -0.367 e. The molecule has 1 heterocycles. The van der Waals surface area contributed by atoms with Gasteiger partial charge in [-0.25, -0.2) is 4.98 Å². The predicted octanol–water partition coefficient (Wildman–Crippen LogP) is 3.66. The van der Waals surface area contributed by atoms with E-state index < -0.39 is 0 Å². The summed E-state index contributed by atoms with van der Waals surface area (Å²) in [5.41, 5.74) is 0.713. The van der Waals surface area contributed by atoms with Gasteiger partial charge in [0.25, 0.3) is 0 Å². The Kier molecular flexibility index (Phi) is 5.67. The fourth-order valence-electron chi connectivity index (χ4n) is 1.86. The lowest BCUT2D eigenvalue weighted by Gasteiger charge is -2.18. The van der Waals surface area contributed by atoms with Crippen LogP contribution >= 0.6 is 0 Å². The SMILES string of the molecule is CCCC(CC)Nc1ncccc1C(=O)CC. The molecular formula is C14H22N2O. The van der Waals surface area contributed by atoms with Gasteiger partial charge in [0.15, 0.2) is 5.78 Å². The normalized spacial score (nSPS) is 12.2. The van der Waals surface area contributed by atoms with E-state index in [0.717, 1.165) is 25.1 Å². The summed E-state index contributed by atoms with van der Waals surface area (Å²) in [6.07, 6.45) is 5.53. The van der Waals surface area contributed by atoms with Crippen molar-refractivity contribution in [3.63, 3.8) is 0 Å². The van der Waals surface area contributed by atoms with Crippen molar-refractivity contribution in [2.75, 3.05) is 5.32 Å². The molecule has 17 heavy (non-hydrogen) atoms. The Bertz CT molecular complexity index is 363. The number of nitrogens with one attached hydrogen (secondary N) is 1. The number of ketones is 1. The highest BCUT2D eigenvalue weighted by atomic mass is 16.1. The zero-order valence-corrected chi connectivity index (χ0v) is 11.0. The Morgan fingerprint density at radius 3 is 2.76 bits per heavy atom. The number of hydrogen-bond donors (Lipinski definition) is 1. The quantitative estimate of drug-likeness (QED) is 0.732. The van der Waals surface area contributed by atoms with Crippen molar-refractivity contribution in [2.24, 2.45) is 0 Å². The van der Waals surface area contributed by atoms with E-state index in [-0.39, 0.29) is 5.78 Å². The molecule has 1 atom stereocenters. The molecule has 1 N–H and O–H groups in total. The molecule has 0 fully saturated rings. The van der Waals surface area contributed by atoms with Crippen molar-refractivity contribution in [1.82, 2.24) is 4.98 Å². The van der Waals surface area contributed by atoms with Crippen LogP contribution in [0.5, 0.6) is 0 Å². The molecule has 0 aliphatic carbocycles. The maximum absolute atomic E-state index is 11.8. The van der Waals surface area contributed by atoms with Crippen LogP contribution in [0.1, 0.15) is 56.8 Å². The molecule has 94 valence electrons. The first-order chi connectivity index (χ1) is 8.22.